The van der Waals surface area contributed by atoms with Crippen LogP contribution < -0.4 is 5.32 Å². The van der Waals surface area contributed by atoms with Gasteiger partial charge in [-0.05, 0) is 63.4 Å². The molecule has 0 bridgehead atoms. The number of hydrogen-bond donors (Lipinski definition) is 1. The molecule has 2 heteroatoms. The number of pyridine rings is 1. The van der Waals surface area contributed by atoms with Gasteiger partial charge in [0, 0.05) is 12.2 Å². The maximum atomic E-state index is 4.48. The smallest absolute Gasteiger partial charge is 0.0606 e. The fraction of sp³-hybridized carbons (Fsp3) is 0.353. The van der Waals surface area contributed by atoms with Gasteiger partial charge in [0.25, 0.3) is 0 Å². The van der Waals surface area contributed by atoms with Crippen molar-refractivity contribution in [3.8, 4) is 0 Å². The van der Waals surface area contributed by atoms with Crippen LogP contribution in [0.5, 0.6) is 0 Å². The summed E-state index contributed by atoms with van der Waals surface area (Å²) in [7, 11) is 0. The molecule has 0 spiro atoms. The predicted octanol–water partition coefficient (Wildman–Crippen LogP) is 4.24. The maximum absolute atomic E-state index is 4.48. The van der Waals surface area contributed by atoms with E-state index in [1.54, 1.807) is 0 Å². The van der Waals surface area contributed by atoms with E-state index in [0.29, 0.717) is 0 Å². The second-order valence-corrected chi connectivity index (χ2v) is 5.32. The quantitative estimate of drug-likeness (QED) is 0.886. The summed E-state index contributed by atoms with van der Waals surface area (Å²) in [5, 5.41) is 3.50. The average molecular weight is 254 g/mol. The largest absolute Gasteiger partial charge is 0.379 e. The summed E-state index contributed by atoms with van der Waals surface area (Å²) in [6, 6.07) is 8.63. The third-order valence-electron chi connectivity index (χ3n) is 3.52. The van der Waals surface area contributed by atoms with Crippen molar-refractivity contribution in [2.24, 2.45) is 0 Å². The van der Waals surface area contributed by atoms with E-state index in [0.717, 1.165) is 23.6 Å². The zero-order valence-corrected chi connectivity index (χ0v) is 12.5. The lowest BCUT2D eigenvalue weighted by atomic mass is 10.00. The first-order valence-corrected chi connectivity index (χ1v) is 6.72. The lowest BCUT2D eigenvalue weighted by molar-refractivity contribution is 1.05. The zero-order chi connectivity index (χ0) is 14.0. The number of rotatable bonds is 3. The number of aromatic nitrogens is 1. The van der Waals surface area contributed by atoms with Crippen LogP contribution in [0.25, 0.3) is 0 Å². The minimum absolute atomic E-state index is 0.851. The Balaban J connectivity index is 2.19. The van der Waals surface area contributed by atoms with Crippen LogP contribution in [-0.2, 0) is 6.54 Å². The van der Waals surface area contributed by atoms with Gasteiger partial charge in [-0.2, -0.15) is 0 Å². The molecule has 0 aliphatic carbocycles. The maximum Gasteiger partial charge on any atom is 0.0606 e. The Bertz CT molecular complexity index is 577. The molecule has 0 radical (unpaired) electrons. The molecule has 0 aliphatic rings. The molecule has 2 aromatic rings. The molecule has 2 rings (SSSR count). The lowest BCUT2D eigenvalue weighted by Crippen LogP contribution is -2.06. The van der Waals surface area contributed by atoms with Crippen molar-refractivity contribution in [3.63, 3.8) is 0 Å². The van der Waals surface area contributed by atoms with Crippen LogP contribution in [0.3, 0.4) is 0 Å². The van der Waals surface area contributed by atoms with E-state index >= 15 is 0 Å². The Morgan fingerprint density at radius 1 is 0.947 bits per heavy atom. The third-order valence-corrected chi connectivity index (χ3v) is 3.52. The molecule has 0 saturated carbocycles. The molecule has 0 saturated heterocycles. The van der Waals surface area contributed by atoms with Crippen molar-refractivity contribution in [1.29, 1.82) is 0 Å². The Kier molecular flexibility index (Phi) is 3.89. The fourth-order valence-electron chi connectivity index (χ4n) is 2.55. The second kappa shape index (κ2) is 5.43. The van der Waals surface area contributed by atoms with Gasteiger partial charge in [0.2, 0.25) is 0 Å². The van der Waals surface area contributed by atoms with Crippen LogP contribution in [0.15, 0.2) is 24.3 Å². The van der Waals surface area contributed by atoms with Crippen molar-refractivity contribution in [2.45, 2.75) is 41.2 Å². The first kappa shape index (κ1) is 13.6. The molecule has 1 heterocycles. The molecule has 0 unspecified atom stereocenters. The molecule has 1 N–H and O–H groups in total. The molecule has 1 aromatic carbocycles. The highest BCUT2D eigenvalue weighted by molar-refractivity contribution is 5.49. The minimum atomic E-state index is 0.851. The van der Waals surface area contributed by atoms with Gasteiger partial charge in [-0.1, -0.05) is 17.7 Å². The molecule has 0 aliphatic heterocycles. The molecule has 0 atom stereocenters. The second-order valence-electron chi connectivity index (χ2n) is 5.32. The number of anilines is 1. The SMILES string of the molecule is Cc1cc(C)c(CNc2ccc(C)nc2C)c(C)c1. The summed E-state index contributed by atoms with van der Waals surface area (Å²) < 4.78 is 0. The first-order valence-electron chi connectivity index (χ1n) is 6.72. The van der Waals surface area contributed by atoms with E-state index in [2.05, 4.69) is 49.3 Å². The number of nitrogens with zero attached hydrogens (tertiary/aromatic N) is 1. The number of benzene rings is 1. The molecule has 19 heavy (non-hydrogen) atoms. The average Bonchev–Trinajstić information content (AvgIpc) is 2.30. The molecular weight excluding hydrogens is 232 g/mol. The van der Waals surface area contributed by atoms with Gasteiger partial charge in [0.1, 0.15) is 0 Å². The van der Waals surface area contributed by atoms with Crippen molar-refractivity contribution in [2.75, 3.05) is 5.32 Å². The molecule has 0 amide bonds. The number of nitrogens with one attached hydrogen (secondary N) is 1. The normalized spacial score (nSPS) is 10.6. The van der Waals surface area contributed by atoms with Gasteiger partial charge in [-0.3, -0.25) is 4.98 Å². The van der Waals surface area contributed by atoms with Gasteiger partial charge in [-0.15, -0.1) is 0 Å². The Labute approximate surface area is 115 Å². The lowest BCUT2D eigenvalue weighted by Gasteiger charge is -2.14. The van der Waals surface area contributed by atoms with E-state index in [4.69, 9.17) is 0 Å². The topological polar surface area (TPSA) is 24.9 Å². The summed E-state index contributed by atoms with van der Waals surface area (Å²) in [4.78, 5) is 4.48. The highest BCUT2D eigenvalue weighted by atomic mass is 14.9. The minimum Gasteiger partial charge on any atom is -0.379 e. The first-order chi connectivity index (χ1) is 8.97. The molecule has 1 aromatic heterocycles. The van der Waals surface area contributed by atoms with Crippen molar-refractivity contribution in [3.05, 3.63) is 57.9 Å². The molecule has 2 nitrogen and oxygen atoms in total. The van der Waals surface area contributed by atoms with Crippen molar-refractivity contribution < 1.29 is 0 Å². The third kappa shape index (κ3) is 3.14. The summed E-state index contributed by atoms with van der Waals surface area (Å²) in [6.07, 6.45) is 0. The Morgan fingerprint density at radius 3 is 2.16 bits per heavy atom. The van der Waals surface area contributed by atoms with Gasteiger partial charge >= 0.3 is 0 Å². The van der Waals surface area contributed by atoms with E-state index in [1.165, 1.54) is 22.3 Å². The number of aryl methyl sites for hydroxylation is 5. The Hall–Kier alpha value is -1.83. The standard InChI is InChI=1S/C17H22N2/c1-11-8-12(2)16(13(3)9-11)10-18-17-7-6-14(4)19-15(17)5/h6-9,18H,10H2,1-5H3. The van der Waals surface area contributed by atoms with Crippen LogP contribution in [0.4, 0.5) is 5.69 Å². The van der Waals surface area contributed by atoms with Gasteiger partial charge in [0.15, 0.2) is 0 Å². The van der Waals surface area contributed by atoms with Crippen molar-refractivity contribution in [1.82, 2.24) is 4.98 Å². The predicted molar refractivity (Wildman–Crippen MR) is 81.7 cm³/mol. The van der Waals surface area contributed by atoms with Crippen LogP contribution in [0.2, 0.25) is 0 Å². The van der Waals surface area contributed by atoms with Crippen LogP contribution in [-0.4, -0.2) is 4.98 Å². The summed E-state index contributed by atoms with van der Waals surface area (Å²) in [6.45, 7) is 11.4. The number of hydrogen-bond acceptors (Lipinski definition) is 2. The van der Waals surface area contributed by atoms with Crippen molar-refractivity contribution >= 4 is 5.69 Å². The molecule has 100 valence electrons. The van der Waals surface area contributed by atoms with Crippen LogP contribution >= 0.6 is 0 Å². The summed E-state index contributed by atoms with van der Waals surface area (Å²) in [5.74, 6) is 0. The van der Waals surface area contributed by atoms with Gasteiger partial charge in [-0.25, -0.2) is 0 Å². The highest BCUT2D eigenvalue weighted by Crippen LogP contribution is 2.19. The highest BCUT2D eigenvalue weighted by Gasteiger charge is 2.05. The van der Waals surface area contributed by atoms with E-state index in [1.807, 2.05) is 19.9 Å². The zero-order valence-electron chi connectivity index (χ0n) is 12.5. The molecular formula is C17H22N2. The fourth-order valence-corrected chi connectivity index (χ4v) is 2.55. The summed E-state index contributed by atoms with van der Waals surface area (Å²) in [5.41, 5.74) is 8.64. The van der Waals surface area contributed by atoms with E-state index in [9.17, 15) is 0 Å². The van der Waals surface area contributed by atoms with E-state index in [-0.39, 0.29) is 0 Å². The van der Waals surface area contributed by atoms with Gasteiger partial charge < -0.3 is 5.32 Å². The molecule has 0 fully saturated rings. The van der Waals surface area contributed by atoms with Crippen LogP contribution in [0.1, 0.15) is 33.6 Å². The monoisotopic (exact) mass is 254 g/mol. The van der Waals surface area contributed by atoms with E-state index < -0.39 is 0 Å². The summed E-state index contributed by atoms with van der Waals surface area (Å²) >= 11 is 0. The van der Waals surface area contributed by atoms with Crippen LogP contribution in [0, 0.1) is 34.6 Å². The Morgan fingerprint density at radius 2 is 1.58 bits per heavy atom. The van der Waals surface area contributed by atoms with Gasteiger partial charge in [0.05, 0.1) is 11.4 Å².